The molecule has 0 aromatic heterocycles. The largest absolute Gasteiger partial charge is 0.426 e. The van der Waals surface area contributed by atoms with Crippen LogP contribution >= 0.6 is 11.8 Å². The average molecular weight is 387 g/mol. The van der Waals surface area contributed by atoms with E-state index in [0.29, 0.717) is 11.5 Å². The molecule has 0 amide bonds. The second-order valence-corrected chi connectivity index (χ2v) is 9.47. The predicted molar refractivity (Wildman–Crippen MR) is 107 cm³/mol. The van der Waals surface area contributed by atoms with Gasteiger partial charge in [0.1, 0.15) is 11.5 Å². The molecule has 0 aliphatic rings. The van der Waals surface area contributed by atoms with Crippen LogP contribution in [0.3, 0.4) is 0 Å². The third-order valence-electron chi connectivity index (χ3n) is 3.53. The second-order valence-electron chi connectivity index (χ2n) is 8.32. The lowest BCUT2D eigenvalue weighted by Gasteiger charge is -2.16. The lowest BCUT2D eigenvalue weighted by atomic mass is 9.97. The molecule has 0 radical (unpaired) electrons. The molecule has 0 saturated carbocycles. The van der Waals surface area contributed by atoms with Gasteiger partial charge in [-0.15, -0.1) is 0 Å². The molecule has 0 atom stereocenters. The summed E-state index contributed by atoms with van der Waals surface area (Å²) in [4.78, 5) is 25.9. The summed E-state index contributed by atoms with van der Waals surface area (Å²) >= 11 is 1.57. The molecule has 2 rings (SSSR count). The highest BCUT2D eigenvalue weighted by Crippen LogP contribution is 2.31. The molecule has 144 valence electrons. The number of rotatable bonds is 4. The summed E-state index contributed by atoms with van der Waals surface area (Å²) in [6.07, 6.45) is 0. The first kappa shape index (κ1) is 21.0. The minimum atomic E-state index is -0.536. The molecule has 0 unspecified atom stereocenters. The van der Waals surface area contributed by atoms with Gasteiger partial charge >= 0.3 is 11.9 Å². The van der Waals surface area contributed by atoms with Crippen LogP contribution in [0.2, 0.25) is 0 Å². The van der Waals surface area contributed by atoms with E-state index >= 15 is 0 Å². The number of hydrogen-bond donors (Lipinski definition) is 0. The van der Waals surface area contributed by atoms with E-state index < -0.39 is 10.8 Å². The Bertz CT molecular complexity index is 725. The first-order chi connectivity index (χ1) is 12.4. The molecule has 4 nitrogen and oxygen atoms in total. The van der Waals surface area contributed by atoms with Crippen molar-refractivity contribution in [3.8, 4) is 11.5 Å². The maximum absolute atomic E-state index is 11.9. The van der Waals surface area contributed by atoms with Gasteiger partial charge in [0.25, 0.3) is 0 Å². The number of ether oxygens (including phenoxy) is 2. The normalized spacial score (nSPS) is 11.8. The lowest BCUT2D eigenvalue weighted by molar-refractivity contribution is -0.143. The second kappa shape index (κ2) is 8.17. The van der Waals surface area contributed by atoms with Gasteiger partial charge in [0.2, 0.25) is 0 Å². The van der Waals surface area contributed by atoms with E-state index in [1.807, 2.05) is 65.8 Å². The van der Waals surface area contributed by atoms with Crippen molar-refractivity contribution in [3.63, 3.8) is 0 Å². The molecule has 0 spiro atoms. The SMILES string of the molecule is CC(C)(C)C(=O)Oc1ccc(Sc2ccc(OC(=O)C(C)(C)C)cc2)cc1. The Morgan fingerprint density at radius 1 is 0.630 bits per heavy atom. The monoisotopic (exact) mass is 386 g/mol. The Balaban J connectivity index is 1.97. The van der Waals surface area contributed by atoms with Crippen molar-refractivity contribution >= 4 is 23.7 Å². The van der Waals surface area contributed by atoms with Crippen LogP contribution in [0, 0.1) is 10.8 Å². The molecule has 27 heavy (non-hydrogen) atoms. The first-order valence-corrected chi connectivity index (χ1v) is 9.59. The van der Waals surface area contributed by atoms with Crippen molar-refractivity contribution in [1.82, 2.24) is 0 Å². The molecule has 2 aromatic carbocycles. The molecular weight excluding hydrogens is 360 g/mol. The van der Waals surface area contributed by atoms with Crippen LogP contribution in [0.15, 0.2) is 58.3 Å². The van der Waals surface area contributed by atoms with E-state index in [2.05, 4.69) is 0 Å². The van der Waals surface area contributed by atoms with Gasteiger partial charge in [-0.1, -0.05) is 11.8 Å². The summed E-state index contributed by atoms with van der Waals surface area (Å²) < 4.78 is 10.7. The van der Waals surface area contributed by atoms with Gasteiger partial charge in [0, 0.05) is 9.79 Å². The van der Waals surface area contributed by atoms with Crippen molar-refractivity contribution in [2.75, 3.05) is 0 Å². The molecule has 0 fully saturated rings. The minimum absolute atomic E-state index is 0.261. The Hall–Kier alpha value is -2.27. The standard InChI is InChI=1S/C22H26O4S/c1-21(2,3)19(23)25-15-7-11-17(12-8-15)27-18-13-9-16(10-14-18)26-20(24)22(4,5)6/h7-14H,1-6H3. The van der Waals surface area contributed by atoms with Gasteiger partial charge in [0.15, 0.2) is 0 Å². The number of benzene rings is 2. The van der Waals surface area contributed by atoms with Gasteiger partial charge in [-0.25, -0.2) is 0 Å². The van der Waals surface area contributed by atoms with E-state index in [-0.39, 0.29) is 11.9 Å². The van der Waals surface area contributed by atoms with Crippen LogP contribution in [0.5, 0.6) is 11.5 Å². The third kappa shape index (κ3) is 6.43. The quantitative estimate of drug-likeness (QED) is 0.495. The Labute approximate surface area is 165 Å². The number of carbonyl (C=O) groups is 2. The minimum Gasteiger partial charge on any atom is -0.426 e. The summed E-state index contributed by atoms with van der Waals surface area (Å²) in [6.45, 7) is 10.9. The van der Waals surface area contributed by atoms with E-state index in [0.717, 1.165) is 9.79 Å². The number of esters is 2. The zero-order valence-electron chi connectivity index (χ0n) is 16.7. The number of carbonyl (C=O) groups excluding carboxylic acids is 2. The maximum atomic E-state index is 11.9. The van der Waals surface area contributed by atoms with Crippen LogP contribution in [-0.4, -0.2) is 11.9 Å². The molecule has 0 aliphatic carbocycles. The topological polar surface area (TPSA) is 52.6 Å². The van der Waals surface area contributed by atoms with Gasteiger partial charge in [-0.2, -0.15) is 0 Å². The van der Waals surface area contributed by atoms with E-state index in [9.17, 15) is 9.59 Å². The van der Waals surface area contributed by atoms with E-state index in [1.165, 1.54) is 0 Å². The van der Waals surface area contributed by atoms with Crippen LogP contribution in [-0.2, 0) is 9.59 Å². The highest BCUT2D eigenvalue weighted by atomic mass is 32.2. The van der Waals surface area contributed by atoms with Crippen LogP contribution in [0.4, 0.5) is 0 Å². The summed E-state index contributed by atoms with van der Waals surface area (Å²) in [5.74, 6) is 0.541. The van der Waals surface area contributed by atoms with Gasteiger partial charge in [0.05, 0.1) is 10.8 Å². The molecule has 0 aliphatic heterocycles. The Morgan fingerprint density at radius 2 is 0.926 bits per heavy atom. The van der Waals surface area contributed by atoms with Crippen molar-refractivity contribution in [1.29, 1.82) is 0 Å². The van der Waals surface area contributed by atoms with Crippen molar-refractivity contribution in [3.05, 3.63) is 48.5 Å². The summed E-state index contributed by atoms with van der Waals surface area (Å²) in [5, 5.41) is 0. The fourth-order valence-corrected chi connectivity index (χ4v) is 2.62. The number of hydrogen-bond acceptors (Lipinski definition) is 5. The van der Waals surface area contributed by atoms with Crippen LogP contribution in [0.1, 0.15) is 41.5 Å². The van der Waals surface area contributed by atoms with Crippen molar-refractivity contribution in [2.45, 2.75) is 51.3 Å². The first-order valence-electron chi connectivity index (χ1n) is 8.78. The maximum Gasteiger partial charge on any atom is 0.316 e. The third-order valence-corrected chi connectivity index (χ3v) is 4.54. The lowest BCUT2D eigenvalue weighted by Crippen LogP contribution is -2.25. The summed E-state index contributed by atoms with van der Waals surface area (Å²) in [6, 6.07) is 14.8. The molecule has 0 bridgehead atoms. The molecular formula is C22H26O4S. The van der Waals surface area contributed by atoms with Gasteiger partial charge < -0.3 is 9.47 Å². The van der Waals surface area contributed by atoms with Crippen molar-refractivity contribution < 1.29 is 19.1 Å². The summed E-state index contributed by atoms with van der Waals surface area (Å²) in [5.41, 5.74) is -1.07. The van der Waals surface area contributed by atoms with Gasteiger partial charge in [-0.05, 0) is 90.1 Å². The fourth-order valence-electron chi connectivity index (χ4n) is 1.81. The molecule has 0 heterocycles. The van der Waals surface area contributed by atoms with Gasteiger partial charge in [-0.3, -0.25) is 9.59 Å². The Morgan fingerprint density at radius 3 is 1.19 bits per heavy atom. The fraction of sp³-hybridized carbons (Fsp3) is 0.364. The zero-order valence-corrected chi connectivity index (χ0v) is 17.5. The average Bonchev–Trinajstić information content (AvgIpc) is 2.56. The van der Waals surface area contributed by atoms with Crippen LogP contribution < -0.4 is 9.47 Å². The smallest absolute Gasteiger partial charge is 0.316 e. The highest BCUT2D eigenvalue weighted by Gasteiger charge is 2.24. The molecule has 0 N–H and O–H groups in total. The zero-order chi connectivity index (χ0) is 20.2. The predicted octanol–water partition coefficient (Wildman–Crippen LogP) is 5.74. The highest BCUT2D eigenvalue weighted by molar-refractivity contribution is 7.99. The molecule has 0 saturated heterocycles. The molecule has 5 heteroatoms. The molecule has 2 aromatic rings. The summed E-state index contributed by atoms with van der Waals surface area (Å²) in [7, 11) is 0. The van der Waals surface area contributed by atoms with Crippen molar-refractivity contribution in [2.24, 2.45) is 10.8 Å². The Kier molecular flexibility index (Phi) is 6.37. The van der Waals surface area contributed by atoms with Crippen LogP contribution in [0.25, 0.3) is 0 Å². The van der Waals surface area contributed by atoms with E-state index in [1.54, 1.807) is 36.0 Å². The van der Waals surface area contributed by atoms with E-state index in [4.69, 9.17) is 9.47 Å².